The van der Waals surface area contributed by atoms with Gasteiger partial charge in [0.15, 0.2) is 6.61 Å². The Bertz CT molecular complexity index is 839. The van der Waals surface area contributed by atoms with Crippen molar-refractivity contribution in [2.24, 2.45) is 0 Å². The van der Waals surface area contributed by atoms with Gasteiger partial charge in [0.05, 0.1) is 17.0 Å². The lowest BCUT2D eigenvalue weighted by Crippen LogP contribution is -2.41. The molecular formula is C18H25N3O6S. The number of nitrogens with zero attached hydrogens (tertiary/aromatic N) is 1. The van der Waals surface area contributed by atoms with Crippen LogP contribution in [-0.2, 0) is 24.3 Å². The van der Waals surface area contributed by atoms with E-state index in [9.17, 15) is 22.8 Å². The minimum Gasteiger partial charge on any atom is -0.452 e. The van der Waals surface area contributed by atoms with Gasteiger partial charge in [-0.3, -0.25) is 9.59 Å². The zero-order chi connectivity index (χ0) is 20.7. The number of esters is 1. The molecule has 2 amide bonds. The molecule has 1 heterocycles. The zero-order valence-electron chi connectivity index (χ0n) is 15.9. The average Bonchev–Trinajstić information content (AvgIpc) is 2.70. The van der Waals surface area contributed by atoms with E-state index in [4.69, 9.17) is 4.74 Å². The summed E-state index contributed by atoms with van der Waals surface area (Å²) in [5.74, 6) is -1.84. The Morgan fingerprint density at radius 1 is 1.21 bits per heavy atom. The summed E-state index contributed by atoms with van der Waals surface area (Å²) >= 11 is 0. The van der Waals surface area contributed by atoms with Crippen LogP contribution in [0.4, 0.5) is 0 Å². The molecule has 1 aromatic rings. The van der Waals surface area contributed by atoms with E-state index in [1.165, 1.54) is 35.6 Å². The molecule has 0 saturated carbocycles. The second-order valence-electron chi connectivity index (χ2n) is 6.51. The third-order valence-corrected chi connectivity index (χ3v) is 6.49. The molecule has 0 unspecified atom stereocenters. The molecule has 2 N–H and O–H groups in total. The maximum Gasteiger partial charge on any atom is 0.338 e. The number of carbonyl (C=O) groups excluding carboxylic acids is 3. The van der Waals surface area contributed by atoms with Gasteiger partial charge >= 0.3 is 5.97 Å². The van der Waals surface area contributed by atoms with Crippen LogP contribution >= 0.6 is 0 Å². The van der Waals surface area contributed by atoms with E-state index in [0.29, 0.717) is 6.54 Å². The van der Waals surface area contributed by atoms with Gasteiger partial charge in [0, 0.05) is 19.6 Å². The lowest BCUT2D eigenvalue weighted by Gasteiger charge is -2.32. The van der Waals surface area contributed by atoms with Crippen LogP contribution in [0.15, 0.2) is 29.2 Å². The normalized spacial score (nSPS) is 17.6. The quantitative estimate of drug-likeness (QED) is 0.621. The van der Waals surface area contributed by atoms with Gasteiger partial charge in [-0.25, -0.2) is 13.2 Å². The van der Waals surface area contributed by atoms with Gasteiger partial charge in [0.1, 0.15) is 0 Å². The van der Waals surface area contributed by atoms with Crippen LogP contribution in [0.3, 0.4) is 0 Å². The third kappa shape index (κ3) is 5.52. The van der Waals surface area contributed by atoms with Crippen LogP contribution in [-0.4, -0.2) is 63.3 Å². The van der Waals surface area contributed by atoms with Crippen LogP contribution in [0, 0.1) is 0 Å². The molecule has 10 heteroatoms. The standard InChI is InChI=1S/C18H25N3O6S/c1-13-6-3-4-9-21(13)28(25,26)15-8-5-7-14(10-15)18(24)27-12-17(23)20-11-16(22)19-2/h5,7-8,10,13H,3-4,6,9,11-12H2,1-2H3,(H,19,22)(H,20,23)/t13-/m1/s1. The van der Waals surface area contributed by atoms with Gasteiger partial charge in [-0.2, -0.15) is 4.31 Å². The van der Waals surface area contributed by atoms with E-state index in [2.05, 4.69) is 10.6 Å². The van der Waals surface area contributed by atoms with Crippen molar-refractivity contribution in [3.63, 3.8) is 0 Å². The second kappa shape index (κ2) is 9.65. The molecule has 9 nitrogen and oxygen atoms in total. The zero-order valence-corrected chi connectivity index (χ0v) is 16.8. The van der Waals surface area contributed by atoms with Crippen LogP contribution in [0.5, 0.6) is 0 Å². The number of nitrogens with one attached hydrogen (secondary N) is 2. The summed E-state index contributed by atoms with van der Waals surface area (Å²) in [4.78, 5) is 34.9. The molecule has 154 valence electrons. The first kappa shape index (κ1) is 21.8. The minimum absolute atomic E-state index is 0.0137. The molecule has 0 aromatic heterocycles. The Hall–Kier alpha value is -2.46. The lowest BCUT2D eigenvalue weighted by atomic mass is 10.1. The fourth-order valence-corrected chi connectivity index (χ4v) is 4.63. The van der Waals surface area contributed by atoms with Crippen molar-refractivity contribution in [3.8, 4) is 0 Å². The van der Waals surface area contributed by atoms with E-state index >= 15 is 0 Å². The van der Waals surface area contributed by atoms with Gasteiger partial charge in [-0.1, -0.05) is 12.5 Å². The van der Waals surface area contributed by atoms with Crippen LogP contribution < -0.4 is 10.6 Å². The summed E-state index contributed by atoms with van der Waals surface area (Å²) in [6, 6.07) is 5.47. The molecule has 1 atom stereocenters. The summed E-state index contributed by atoms with van der Waals surface area (Å²) in [5, 5.41) is 4.63. The van der Waals surface area contributed by atoms with Crippen molar-refractivity contribution in [1.82, 2.24) is 14.9 Å². The van der Waals surface area contributed by atoms with E-state index < -0.39 is 28.5 Å². The number of benzene rings is 1. The molecule has 1 aliphatic heterocycles. The molecule has 1 fully saturated rings. The van der Waals surface area contributed by atoms with Crippen molar-refractivity contribution in [2.45, 2.75) is 37.1 Å². The predicted octanol–water partition coefficient (Wildman–Crippen LogP) is 0.269. The number of rotatable bonds is 7. The molecule has 0 radical (unpaired) electrons. The molecule has 1 saturated heterocycles. The smallest absolute Gasteiger partial charge is 0.338 e. The van der Waals surface area contributed by atoms with Gasteiger partial charge < -0.3 is 15.4 Å². The Labute approximate surface area is 164 Å². The second-order valence-corrected chi connectivity index (χ2v) is 8.40. The van der Waals surface area contributed by atoms with Crippen molar-refractivity contribution >= 4 is 27.8 Å². The van der Waals surface area contributed by atoms with Gasteiger partial charge in [-0.15, -0.1) is 0 Å². The van der Waals surface area contributed by atoms with Crippen LogP contribution in [0.25, 0.3) is 0 Å². The van der Waals surface area contributed by atoms with Gasteiger partial charge in [0.2, 0.25) is 15.9 Å². The largest absolute Gasteiger partial charge is 0.452 e. The number of ether oxygens (including phenoxy) is 1. The fourth-order valence-electron chi connectivity index (χ4n) is 2.88. The van der Waals surface area contributed by atoms with Gasteiger partial charge in [0.25, 0.3) is 5.91 Å². The molecule has 0 bridgehead atoms. The fraction of sp³-hybridized carbons (Fsp3) is 0.500. The van der Waals surface area contributed by atoms with Crippen molar-refractivity contribution < 1.29 is 27.5 Å². The Kier molecular flexibility index (Phi) is 7.53. The molecule has 0 aliphatic carbocycles. The topological polar surface area (TPSA) is 122 Å². The summed E-state index contributed by atoms with van der Waals surface area (Å²) in [7, 11) is -2.29. The van der Waals surface area contributed by atoms with Crippen molar-refractivity contribution in [2.75, 3.05) is 26.7 Å². The number of amides is 2. The molecular weight excluding hydrogens is 386 g/mol. The SMILES string of the molecule is CNC(=O)CNC(=O)COC(=O)c1cccc(S(=O)(=O)N2CCCC[C@H]2C)c1. The average molecular weight is 411 g/mol. The Morgan fingerprint density at radius 3 is 2.64 bits per heavy atom. The molecule has 2 rings (SSSR count). The highest BCUT2D eigenvalue weighted by Gasteiger charge is 2.31. The van der Waals surface area contributed by atoms with E-state index in [1.807, 2.05) is 6.92 Å². The van der Waals surface area contributed by atoms with Crippen molar-refractivity contribution in [1.29, 1.82) is 0 Å². The molecule has 0 spiro atoms. The highest BCUT2D eigenvalue weighted by Crippen LogP contribution is 2.25. The van der Waals surface area contributed by atoms with E-state index in [-0.39, 0.29) is 29.0 Å². The number of carbonyl (C=O) groups is 3. The first-order valence-corrected chi connectivity index (χ1v) is 10.5. The maximum atomic E-state index is 12.9. The lowest BCUT2D eigenvalue weighted by molar-refractivity contribution is -0.127. The molecule has 1 aliphatic rings. The number of piperidine rings is 1. The minimum atomic E-state index is -3.72. The summed E-state index contributed by atoms with van der Waals surface area (Å²) in [5.41, 5.74) is 0.0323. The first-order valence-electron chi connectivity index (χ1n) is 9.02. The maximum absolute atomic E-state index is 12.9. The highest BCUT2D eigenvalue weighted by atomic mass is 32.2. The Morgan fingerprint density at radius 2 is 1.96 bits per heavy atom. The third-order valence-electron chi connectivity index (χ3n) is 4.48. The van der Waals surface area contributed by atoms with Crippen molar-refractivity contribution in [3.05, 3.63) is 29.8 Å². The summed E-state index contributed by atoms with van der Waals surface area (Å²) in [6.07, 6.45) is 2.59. The van der Waals surface area contributed by atoms with E-state index in [1.54, 1.807) is 0 Å². The first-order chi connectivity index (χ1) is 13.3. The monoisotopic (exact) mass is 411 g/mol. The predicted molar refractivity (Wildman–Crippen MR) is 101 cm³/mol. The molecule has 28 heavy (non-hydrogen) atoms. The molecule has 1 aromatic carbocycles. The van der Waals surface area contributed by atoms with Gasteiger partial charge in [-0.05, 0) is 38.0 Å². The summed E-state index contributed by atoms with van der Waals surface area (Å²) in [6.45, 7) is 1.51. The number of hydrogen-bond donors (Lipinski definition) is 2. The Balaban J connectivity index is 2.03. The van der Waals surface area contributed by atoms with Crippen LogP contribution in [0.2, 0.25) is 0 Å². The number of hydrogen-bond acceptors (Lipinski definition) is 6. The number of sulfonamides is 1. The summed E-state index contributed by atoms with van der Waals surface area (Å²) < 4.78 is 32.1. The highest BCUT2D eigenvalue weighted by molar-refractivity contribution is 7.89. The number of likely N-dealkylation sites (N-methyl/N-ethyl adjacent to an activating group) is 1. The van der Waals surface area contributed by atoms with E-state index in [0.717, 1.165) is 19.3 Å². The van der Waals surface area contributed by atoms with Crippen LogP contribution in [0.1, 0.15) is 36.5 Å².